The molecule has 0 aromatic heterocycles. The van der Waals surface area contributed by atoms with Gasteiger partial charge < -0.3 is 10.1 Å². The lowest BCUT2D eigenvalue weighted by molar-refractivity contribution is -0.131. The number of nitrogens with one attached hydrogen (secondary N) is 1. The molecule has 6 heteroatoms. The molecular weight excluding hydrogens is 270 g/mol. The van der Waals surface area contributed by atoms with Crippen LogP contribution in [0.3, 0.4) is 0 Å². The van der Waals surface area contributed by atoms with E-state index in [9.17, 15) is 9.59 Å². The van der Waals surface area contributed by atoms with Crippen LogP contribution >= 0.6 is 24.0 Å². The Morgan fingerprint density at radius 2 is 2.28 bits per heavy atom. The summed E-state index contributed by atoms with van der Waals surface area (Å²) in [6, 6.07) is 6.93. The molecule has 0 atom stereocenters. The van der Waals surface area contributed by atoms with Crippen molar-refractivity contribution in [3.8, 4) is 5.75 Å². The van der Waals surface area contributed by atoms with E-state index in [1.54, 1.807) is 24.3 Å². The van der Waals surface area contributed by atoms with Gasteiger partial charge >= 0.3 is 5.97 Å². The summed E-state index contributed by atoms with van der Waals surface area (Å²) in [5.74, 6) is -0.139. The van der Waals surface area contributed by atoms with Crippen molar-refractivity contribution < 1.29 is 14.3 Å². The molecule has 1 saturated heterocycles. The Morgan fingerprint density at radius 1 is 1.50 bits per heavy atom. The number of esters is 1. The van der Waals surface area contributed by atoms with E-state index in [2.05, 4.69) is 5.32 Å². The summed E-state index contributed by atoms with van der Waals surface area (Å²) < 4.78 is 5.41. The van der Waals surface area contributed by atoms with E-state index >= 15 is 0 Å². The van der Waals surface area contributed by atoms with Gasteiger partial charge in [-0.15, -0.1) is 0 Å². The predicted octanol–water partition coefficient (Wildman–Crippen LogP) is 2.10. The molecule has 92 valence electrons. The molecule has 0 saturated carbocycles. The first-order valence-electron chi connectivity index (χ1n) is 5.08. The second kappa shape index (κ2) is 5.32. The number of benzene rings is 1. The van der Waals surface area contributed by atoms with Crippen molar-refractivity contribution in [2.24, 2.45) is 0 Å². The number of carbonyl (C=O) groups is 2. The van der Waals surface area contributed by atoms with Crippen LogP contribution in [0.2, 0.25) is 0 Å². The van der Waals surface area contributed by atoms with Gasteiger partial charge in [0.1, 0.15) is 10.1 Å². The highest BCUT2D eigenvalue weighted by Gasteiger charge is 2.21. The third kappa shape index (κ3) is 3.18. The molecule has 0 bridgehead atoms. The van der Waals surface area contributed by atoms with E-state index in [0.717, 1.165) is 5.56 Å². The van der Waals surface area contributed by atoms with Crippen molar-refractivity contribution in [3.05, 3.63) is 34.7 Å². The van der Waals surface area contributed by atoms with Crippen molar-refractivity contribution in [1.29, 1.82) is 0 Å². The fourth-order valence-corrected chi connectivity index (χ4v) is 2.45. The van der Waals surface area contributed by atoms with E-state index in [0.29, 0.717) is 15.0 Å². The second-order valence-electron chi connectivity index (χ2n) is 3.52. The highest BCUT2D eigenvalue weighted by Crippen LogP contribution is 2.26. The maximum absolute atomic E-state index is 11.5. The van der Waals surface area contributed by atoms with Gasteiger partial charge in [-0.3, -0.25) is 9.59 Å². The first-order chi connectivity index (χ1) is 8.54. The van der Waals surface area contributed by atoms with Crippen molar-refractivity contribution in [2.45, 2.75) is 6.92 Å². The van der Waals surface area contributed by atoms with Crippen LogP contribution in [0.4, 0.5) is 0 Å². The van der Waals surface area contributed by atoms with E-state index in [1.165, 1.54) is 18.7 Å². The zero-order valence-electron chi connectivity index (χ0n) is 9.43. The average Bonchev–Trinajstić information content (AvgIpc) is 2.57. The number of rotatable bonds is 2. The first-order valence-corrected chi connectivity index (χ1v) is 6.30. The van der Waals surface area contributed by atoms with Crippen LogP contribution < -0.4 is 10.1 Å². The van der Waals surface area contributed by atoms with Gasteiger partial charge in [-0.1, -0.05) is 36.1 Å². The first kappa shape index (κ1) is 12.8. The lowest BCUT2D eigenvalue weighted by Gasteiger charge is -2.02. The lowest BCUT2D eigenvalue weighted by Crippen LogP contribution is -2.17. The zero-order valence-corrected chi connectivity index (χ0v) is 11.1. The summed E-state index contributed by atoms with van der Waals surface area (Å²) in [7, 11) is 0. The number of carbonyl (C=O) groups excluding carboxylic acids is 2. The molecule has 0 radical (unpaired) electrons. The van der Waals surface area contributed by atoms with Gasteiger partial charge in [0.2, 0.25) is 0 Å². The minimum atomic E-state index is -0.381. The number of amides is 1. The molecule has 1 aromatic rings. The minimum Gasteiger partial charge on any atom is -0.427 e. The standard InChI is InChI=1S/C12H9NO3S2/c1-7(14)16-9-4-2-3-8(5-9)6-10-11(15)13-12(17)18-10/h2-6H,1H3,(H,13,15,17)/b10-6+. The normalized spacial score (nSPS) is 16.8. The van der Waals surface area contributed by atoms with Crippen LogP contribution in [0, 0.1) is 0 Å². The maximum Gasteiger partial charge on any atom is 0.308 e. The molecule has 0 spiro atoms. The molecule has 1 aliphatic rings. The highest BCUT2D eigenvalue weighted by molar-refractivity contribution is 8.26. The lowest BCUT2D eigenvalue weighted by atomic mass is 10.2. The quantitative estimate of drug-likeness (QED) is 0.389. The number of thiocarbonyl (C=S) groups is 1. The number of hydrogen-bond acceptors (Lipinski definition) is 5. The molecule has 0 aliphatic carbocycles. The maximum atomic E-state index is 11.5. The topological polar surface area (TPSA) is 55.4 Å². The third-order valence-corrected chi connectivity index (χ3v) is 3.22. The fraction of sp³-hybridized carbons (Fsp3) is 0.0833. The van der Waals surface area contributed by atoms with E-state index in [4.69, 9.17) is 17.0 Å². The van der Waals surface area contributed by atoms with Crippen molar-refractivity contribution in [3.63, 3.8) is 0 Å². The van der Waals surface area contributed by atoms with Crippen LogP contribution in [0.1, 0.15) is 12.5 Å². The van der Waals surface area contributed by atoms with Crippen LogP contribution in [-0.2, 0) is 9.59 Å². The summed E-state index contributed by atoms with van der Waals surface area (Å²) in [4.78, 5) is 22.8. The third-order valence-electron chi connectivity index (χ3n) is 2.06. The monoisotopic (exact) mass is 279 g/mol. The molecule has 1 aliphatic heterocycles. The largest absolute Gasteiger partial charge is 0.427 e. The molecule has 18 heavy (non-hydrogen) atoms. The second-order valence-corrected chi connectivity index (χ2v) is 5.24. The van der Waals surface area contributed by atoms with Crippen molar-refractivity contribution in [2.75, 3.05) is 0 Å². The Morgan fingerprint density at radius 3 is 2.89 bits per heavy atom. The van der Waals surface area contributed by atoms with Gasteiger partial charge in [0.25, 0.3) is 5.91 Å². The van der Waals surface area contributed by atoms with E-state index in [1.807, 2.05) is 6.07 Å². The zero-order chi connectivity index (χ0) is 13.1. The molecule has 2 rings (SSSR count). The van der Waals surface area contributed by atoms with Crippen LogP contribution in [0.5, 0.6) is 5.75 Å². The summed E-state index contributed by atoms with van der Waals surface area (Å²) >= 11 is 6.11. The predicted molar refractivity (Wildman–Crippen MR) is 74.1 cm³/mol. The molecule has 1 amide bonds. The van der Waals surface area contributed by atoms with E-state index < -0.39 is 0 Å². The Balaban J connectivity index is 2.24. The number of hydrogen-bond donors (Lipinski definition) is 1. The molecule has 1 N–H and O–H groups in total. The Hall–Kier alpha value is -1.66. The van der Waals surface area contributed by atoms with Crippen LogP contribution in [-0.4, -0.2) is 16.2 Å². The smallest absolute Gasteiger partial charge is 0.308 e. The number of thioether (sulfide) groups is 1. The Labute approximate surface area is 113 Å². The summed E-state index contributed by atoms with van der Waals surface area (Å²) in [5.41, 5.74) is 0.774. The molecule has 1 aromatic carbocycles. The van der Waals surface area contributed by atoms with Gasteiger partial charge in [0, 0.05) is 6.92 Å². The highest BCUT2D eigenvalue weighted by atomic mass is 32.2. The molecule has 0 unspecified atom stereocenters. The van der Waals surface area contributed by atoms with Gasteiger partial charge in [0.15, 0.2) is 0 Å². The van der Waals surface area contributed by atoms with Crippen LogP contribution in [0.25, 0.3) is 6.08 Å². The Kier molecular flexibility index (Phi) is 3.78. The van der Waals surface area contributed by atoms with Crippen molar-refractivity contribution in [1.82, 2.24) is 5.32 Å². The summed E-state index contributed by atoms with van der Waals surface area (Å²) in [6.45, 7) is 1.34. The fourth-order valence-electron chi connectivity index (χ4n) is 1.41. The van der Waals surface area contributed by atoms with Crippen molar-refractivity contribution >= 4 is 46.3 Å². The van der Waals surface area contributed by atoms with Gasteiger partial charge in [-0.25, -0.2) is 0 Å². The number of ether oxygens (including phenoxy) is 1. The van der Waals surface area contributed by atoms with Gasteiger partial charge in [-0.05, 0) is 23.8 Å². The molecule has 4 nitrogen and oxygen atoms in total. The molecule has 1 heterocycles. The molecular formula is C12H9NO3S2. The van der Waals surface area contributed by atoms with Gasteiger partial charge in [-0.2, -0.15) is 0 Å². The summed E-state index contributed by atoms with van der Waals surface area (Å²) in [6.07, 6.45) is 1.70. The minimum absolute atomic E-state index is 0.206. The molecule has 1 fully saturated rings. The average molecular weight is 279 g/mol. The summed E-state index contributed by atoms with van der Waals surface area (Å²) in [5, 5.41) is 2.54. The Bertz CT molecular complexity index is 566. The van der Waals surface area contributed by atoms with Crippen LogP contribution in [0.15, 0.2) is 29.2 Å². The SMILES string of the molecule is CC(=O)Oc1cccc(/C=C2/SC(=S)NC2=O)c1. The van der Waals surface area contributed by atoms with E-state index in [-0.39, 0.29) is 11.9 Å². The van der Waals surface area contributed by atoms with Gasteiger partial charge in [0.05, 0.1) is 4.91 Å².